The predicted octanol–water partition coefficient (Wildman–Crippen LogP) is 3.10. The summed E-state index contributed by atoms with van der Waals surface area (Å²) in [6.45, 7) is 13.6. The minimum absolute atomic E-state index is 0.0188. The lowest BCUT2D eigenvalue weighted by Gasteiger charge is -2.39. The van der Waals surface area contributed by atoms with Crippen molar-refractivity contribution in [2.45, 2.75) is 64.8 Å². The zero-order valence-electron chi connectivity index (χ0n) is 21.5. The average molecular weight is 503 g/mol. The van der Waals surface area contributed by atoms with Crippen LogP contribution >= 0.6 is 0 Å². The van der Waals surface area contributed by atoms with Gasteiger partial charge in [0.05, 0.1) is 17.2 Å². The molecule has 3 rings (SSSR count). The Morgan fingerprint density at radius 1 is 1.09 bits per heavy atom. The van der Waals surface area contributed by atoms with Crippen LogP contribution in [0.1, 0.15) is 72.5 Å². The van der Waals surface area contributed by atoms with E-state index >= 15 is 0 Å². The van der Waals surface area contributed by atoms with E-state index in [2.05, 4.69) is 30.7 Å². The molecule has 2 heterocycles. The van der Waals surface area contributed by atoms with Gasteiger partial charge in [0.25, 0.3) is 5.91 Å². The van der Waals surface area contributed by atoms with Crippen molar-refractivity contribution in [1.82, 2.24) is 19.2 Å². The summed E-state index contributed by atoms with van der Waals surface area (Å²) in [6, 6.07) is 6.49. The highest BCUT2D eigenvalue weighted by Crippen LogP contribution is 2.27. The van der Waals surface area contributed by atoms with Gasteiger partial charge in [-0.2, -0.15) is 4.31 Å². The van der Waals surface area contributed by atoms with Crippen molar-refractivity contribution < 1.29 is 22.7 Å². The molecule has 1 saturated heterocycles. The third-order valence-corrected chi connectivity index (χ3v) is 8.09. The van der Waals surface area contributed by atoms with Crippen LogP contribution in [0.3, 0.4) is 0 Å². The molecule has 2 aromatic rings. The van der Waals surface area contributed by atoms with Crippen molar-refractivity contribution in [2.75, 3.05) is 26.2 Å². The quantitative estimate of drug-likeness (QED) is 0.578. The van der Waals surface area contributed by atoms with Crippen LogP contribution in [-0.4, -0.2) is 71.8 Å². The lowest BCUT2D eigenvalue weighted by atomic mass is 9.87. The Kier molecular flexibility index (Phi) is 7.66. The molecule has 0 saturated carbocycles. The Hall–Kier alpha value is -2.85. The van der Waals surface area contributed by atoms with Crippen molar-refractivity contribution in [1.29, 1.82) is 0 Å². The molecule has 0 aliphatic carbocycles. The molecule has 0 radical (unpaired) electrons. The zero-order valence-corrected chi connectivity index (χ0v) is 22.3. The number of hydrogen-bond donors (Lipinski definition) is 0. The van der Waals surface area contributed by atoms with Gasteiger partial charge in [0, 0.05) is 25.7 Å². The average Bonchev–Trinajstić information content (AvgIpc) is 2.77. The first kappa shape index (κ1) is 26.7. The lowest BCUT2D eigenvalue weighted by molar-refractivity contribution is 0.0509. The van der Waals surface area contributed by atoms with Crippen molar-refractivity contribution in [2.24, 2.45) is 0 Å². The molecule has 1 aliphatic heterocycles. The van der Waals surface area contributed by atoms with E-state index in [1.54, 1.807) is 39.8 Å². The topological polar surface area (TPSA) is 110 Å². The number of carbonyl (C=O) groups excluding carboxylic acids is 2. The number of aromatic nitrogens is 2. The van der Waals surface area contributed by atoms with Crippen LogP contribution in [-0.2, 0) is 20.2 Å². The molecule has 190 valence electrons. The van der Waals surface area contributed by atoms with Crippen molar-refractivity contribution in [3.05, 3.63) is 52.6 Å². The lowest BCUT2D eigenvalue weighted by Crippen LogP contribution is -2.55. The van der Waals surface area contributed by atoms with Gasteiger partial charge < -0.3 is 9.64 Å². The highest BCUT2D eigenvalue weighted by atomic mass is 32.2. The Bertz CT molecular complexity index is 1220. The van der Waals surface area contributed by atoms with Crippen LogP contribution in [0.25, 0.3) is 0 Å². The van der Waals surface area contributed by atoms with E-state index in [-0.39, 0.29) is 47.8 Å². The number of sulfonamides is 1. The highest BCUT2D eigenvalue weighted by Gasteiger charge is 2.37. The van der Waals surface area contributed by atoms with Gasteiger partial charge in [-0.05, 0) is 50.8 Å². The van der Waals surface area contributed by atoms with Crippen molar-refractivity contribution in [3.63, 3.8) is 0 Å². The third-order valence-electron chi connectivity index (χ3n) is 6.06. The summed E-state index contributed by atoms with van der Waals surface area (Å²) in [7, 11) is -3.73. The van der Waals surface area contributed by atoms with E-state index < -0.39 is 27.9 Å². The molecule has 1 aliphatic rings. The molecule has 35 heavy (non-hydrogen) atoms. The number of nitrogens with zero attached hydrogens (tertiary/aromatic N) is 4. The molecule has 1 fully saturated rings. The molecule has 1 atom stereocenters. The van der Waals surface area contributed by atoms with E-state index in [9.17, 15) is 18.0 Å². The van der Waals surface area contributed by atoms with Crippen LogP contribution in [0.15, 0.2) is 29.2 Å². The summed E-state index contributed by atoms with van der Waals surface area (Å²) in [6.07, 6.45) is 0. The summed E-state index contributed by atoms with van der Waals surface area (Å²) in [4.78, 5) is 36.1. The molecular formula is C25H34N4O5S. The normalized spacial score (nSPS) is 17.3. The Morgan fingerprint density at radius 3 is 2.26 bits per heavy atom. The van der Waals surface area contributed by atoms with Gasteiger partial charge in [0.15, 0.2) is 0 Å². The molecule has 9 nitrogen and oxygen atoms in total. The Labute approximate surface area is 207 Å². The minimum atomic E-state index is -3.73. The number of aryl methyl sites for hydroxylation is 2. The SMILES string of the molecule is CCOC(=O)c1c(C)nc(C)nc1C(=O)N1CCN(S(=O)(=O)c2ccc(C(C)(C)C)cc2)C(C)C1. The van der Waals surface area contributed by atoms with Gasteiger partial charge in [-0.3, -0.25) is 4.79 Å². The van der Waals surface area contributed by atoms with E-state index in [4.69, 9.17) is 4.74 Å². The maximum Gasteiger partial charge on any atom is 0.342 e. The summed E-state index contributed by atoms with van der Waals surface area (Å²) in [5.41, 5.74) is 1.36. The second-order valence-corrected chi connectivity index (χ2v) is 11.7. The Balaban J connectivity index is 1.83. The molecule has 1 aromatic heterocycles. The van der Waals surface area contributed by atoms with E-state index in [0.29, 0.717) is 11.5 Å². The Morgan fingerprint density at radius 2 is 1.71 bits per heavy atom. The van der Waals surface area contributed by atoms with Gasteiger partial charge in [-0.25, -0.2) is 23.2 Å². The summed E-state index contributed by atoms with van der Waals surface area (Å²) < 4.78 is 33.2. The number of carbonyl (C=O) groups is 2. The highest BCUT2D eigenvalue weighted by molar-refractivity contribution is 7.89. The largest absolute Gasteiger partial charge is 0.462 e. The third kappa shape index (κ3) is 5.54. The fourth-order valence-corrected chi connectivity index (χ4v) is 5.82. The van der Waals surface area contributed by atoms with E-state index in [0.717, 1.165) is 5.56 Å². The summed E-state index contributed by atoms with van der Waals surface area (Å²) in [5, 5.41) is 0. The second kappa shape index (κ2) is 10.0. The van der Waals surface area contributed by atoms with Crippen LogP contribution in [0.4, 0.5) is 0 Å². The summed E-state index contributed by atoms with van der Waals surface area (Å²) >= 11 is 0. The smallest absolute Gasteiger partial charge is 0.342 e. The fourth-order valence-electron chi connectivity index (χ4n) is 4.21. The number of amides is 1. The van der Waals surface area contributed by atoms with Gasteiger partial charge >= 0.3 is 5.97 Å². The number of piperazine rings is 1. The summed E-state index contributed by atoms with van der Waals surface area (Å²) in [5.74, 6) is -0.728. The maximum atomic E-state index is 13.4. The second-order valence-electron chi connectivity index (χ2n) is 9.79. The molecule has 1 amide bonds. The van der Waals surface area contributed by atoms with E-state index in [1.807, 2.05) is 12.1 Å². The molecule has 1 unspecified atom stereocenters. The van der Waals surface area contributed by atoms with Gasteiger partial charge in [0.1, 0.15) is 17.1 Å². The van der Waals surface area contributed by atoms with Crippen LogP contribution in [0, 0.1) is 13.8 Å². The van der Waals surface area contributed by atoms with Crippen LogP contribution < -0.4 is 0 Å². The molecule has 0 bridgehead atoms. The zero-order chi connectivity index (χ0) is 26.1. The first-order chi connectivity index (χ1) is 16.3. The molecule has 0 spiro atoms. The number of ether oxygens (including phenoxy) is 1. The molecule has 10 heteroatoms. The van der Waals surface area contributed by atoms with E-state index in [1.165, 1.54) is 9.21 Å². The van der Waals surface area contributed by atoms with Crippen molar-refractivity contribution >= 4 is 21.9 Å². The number of benzene rings is 1. The first-order valence-corrected chi connectivity index (χ1v) is 13.2. The monoisotopic (exact) mass is 502 g/mol. The molecule has 1 aromatic carbocycles. The standard InChI is InChI=1S/C25H34N4O5S/c1-8-34-24(31)21-17(3)26-18(4)27-22(21)23(30)28-13-14-29(16(2)15-28)35(32,33)20-11-9-19(10-12-20)25(5,6)7/h9-12,16H,8,13-15H2,1-7H3. The van der Waals surface area contributed by atoms with Crippen LogP contribution in [0.2, 0.25) is 0 Å². The van der Waals surface area contributed by atoms with Gasteiger partial charge in [-0.1, -0.05) is 32.9 Å². The van der Waals surface area contributed by atoms with Gasteiger partial charge in [-0.15, -0.1) is 0 Å². The number of esters is 1. The van der Waals surface area contributed by atoms with Crippen molar-refractivity contribution in [3.8, 4) is 0 Å². The minimum Gasteiger partial charge on any atom is -0.462 e. The number of rotatable bonds is 5. The predicted molar refractivity (Wildman–Crippen MR) is 132 cm³/mol. The number of hydrogen-bond acceptors (Lipinski definition) is 7. The van der Waals surface area contributed by atoms with Crippen LogP contribution in [0.5, 0.6) is 0 Å². The fraction of sp³-hybridized carbons (Fsp3) is 0.520. The maximum absolute atomic E-state index is 13.4. The first-order valence-electron chi connectivity index (χ1n) is 11.7. The van der Waals surface area contributed by atoms with Gasteiger partial charge in [0.2, 0.25) is 10.0 Å². The molecule has 0 N–H and O–H groups in total. The molecular weight excluding hydrogens is 468 g/mol.